The quantitative estimate of drug-likeness (QED) is 0.428. The number of sulfonamides is 1. The van der Waals surface area contributed by atoms with Gasteiger partial charge in [-0.2, -0.15) is 0 Å². The van der Waals surface area contributed by atoms with Gasteiger partial charge in [-0.1, -0.05) is 30.3 Å². The normalized spacial score (nSPS) is 12.6. The van der Waals surface area contributed by atoms with Crippen LogP contribution in [0.3, 0.4) is 0 Å². The highest BCUT2D eigenvalue weighted by atomic mass is 32.2. The van der Waals surface area contributed by atoms with Crippen LogP contribution >= 0.6 is 11.3 Å². The van der Waals surface area contributed by atoms with E-state index in [1.807, 2.05) is 0 Å². The second kappa shape index (κ2) is 10.5. The van der Waals surface area contributed by atoms with Crippen molar-refractivity contribution < 1.29 is 27.5 Å². The van der Waals surface area contributed by atoms with Crippen molar-refractivity contribution >= 4 is 43.9 Å². The van der Waals surface area contributed by atoms with Gasteiger partial charge in [-0.05, 0) is 56.0 Å². The molecule has 4 rings (SSSR count). The van der Waals surface area contributed by atoms with Crippen molar-refractivity contribution in [3.05, 3.63) is 70.6 Å². The molecule has 0 atom stereocenters. The molecule has 0 saturated carbocycles. The van der Waals surface area contributed by atoms with Gasteiger partial charge in [-0.3, -0.25) is 9.10 Å². The van der Waals surface area contributed by atoms with Crippen LogP contribution in [0.2, 0.25) is 0 Å². The lowest BCUT2D eigenvalue weighted by Crippen LogP contribution is -2.38. The van der Waals surface area contributed by atoms with E-state index < -0.39 is 28.4 Å². The molecule has 1 heterocycles. The van der Waals surface area contributed by atoms with Crippen molar-refractivity contribution in [1.82, 2.24) is 0 Å². The summed E-state index contributed by atoms with van der Waals surface area (Å²) < 4.78 is 38.9. The van der Waals surface area contributed by atoms with Gasteiger partial charge in [-0.25, -0.2) is 13.2 Å². The molecule has 1 aliphatic rings. The van der Waals surface area contributed by atoms with Gasteiger partial charge in [-0.15, -0.1) is 11.3 Å². The Labute approximate surface area is 208 Å². The highest BCUT2D eigenvalue weighted by molar-refractivity contribution is 7.92. The Morgan fingerprint density at radius 1 is 1.06 bits per heavy atom. The van der Waals surface area contributed by atoms with Crippen LogP contribution < -0.4 is 14.4 Å². The molecule has 35 heavy (non-hydrogen) atoms. The van der Waals surface area contributed by atoms with E-state index in [0.29, 0.717) is 22.9 Å². The van der Waals surface area contributed by atoms with Crippen molar-refractivity contribution in [3.63, 3.8) is 0 Å². The number of para-hydroxylation sites is 2. The highest BCUT2D eigenvalue weighted by Crippen LogP contribution is 2.40. The number of rotatable bonds is 9. The monoisotopic (exact) mass is 514 g/mol. The molecule has 1 aromatic heterocycles. The number of aryl methyl sites for hydroxylation is 1. The van der Waals surface area contributed by atoms with Crippen LogP contribution in [0, 0.1) is 0 Å². The molecular weight excluding hydrogens is 488 g/mol. The maximum absolute atomic E-state index is 13.6. The molecule has 0 aliphatic heterocycles. The number of ether oxygens (including phenoxy) is 2. The fraction of sp³-hybridized carbons (Fsp3) is 0.280. The van der Waals surface area contributed by atoms with E-state index >= 15 is 0 Å². The zero-order chi connectivity index (χ0) is 25.0. The van der Waals surface area contributed by atoms with Gasteiger partial charge in [0.1, 0.15) is 17.3 Å². The molecule has 0 unspecified atom stereocenters. The Bertz CT molecular complexity index is 1340. The van der Waals surface area contributed by atoms with E-state index in [-0.39, 0.29) is 10.6 Å². The van der Waals surface area contributed by atoms with E-state index in [4.69, 9.17) is 9.47 Å². The summed E-state index contributed by atoms with van der Waals surface area (Å²) in [5, 5.41) is 3.14. The van der Waals surface area contributed by atoms with E-state index in [1.165, 1.54) is 30.6 Å². The average molecular weight is 515 g/mol. The van der Waals surface area contributed by atoms with Crippen molar-refractivity contribution in [2.75, 3.05) is 29.9 Å². The Balaban J connectivity index is 1.70. The van der Waals surface area contributed by atoms with Crippen LogP contribution in [-0.4, -0.2) is 40.6 Å². The number of fused-ring (bicyclic) bond motifs is 1. The summed E-state index contributed by atoms with van der Waals surface area (Å²) in [7, 11) is -2.81. The molecule has 1 N–H and O–H groups in total. The maximum Gasteiger partial charge on any atom is 0.341 e. The molecule has 1 aliphatic carbocycles. The average Bonchev–Trinajstić information content (AvgIpc) is 3.44. The molecule has 2 aromatic carbocycles. The number of anilines is 2. The van der Waals surface area contributed by atoms with Crippen LogP contribution in [0.5, 0.6) is 5.75 Å². The summed E-state index contributed by atoms with van der Waals surface area (Å²) in [5.74, 6) is -0.760. The van der Waals surface area contributed by atoms with Crippen molar-refractivity contribution in [2.24, 2.45) is 0 Å². The van der Waals surface area contributed by atoms with Gasteiger partial charge < -0.3 is 14.8 Å². The SMILES string of the molecule is CCOc1ccccc1N(CC(=O)Nc1sc2c(c1C(=O)OC)CCC2)S(=O)(=O)c1ccccc1. The van der Waals surface area contributed by atoms with Crippen LogP contribution in [0.1, 0.15) is 34.1 Å². The summed E-state index contributed by atoms with van der Waals surface area (Å²) in [5.41, 5.74) is 1.49. The van der Waals surface area contributed by atoms with Crippen LogP contribution in [0.4, 0.5) is 10.7 Å². The highest BCUT2D eigenvalue weighted by Gasteiger charge is 2.32. The third kappa shape index (κ3) is 5.03. The number of amides is 1. The first-order valence-corrected chi connectivity index (χ1v) is 13.4. The van der Waals surface area contributed by atoms with E-state index in [1.54, 1.807) is 49.4 Å². The topological polar surface area (TPSA) is 102 Å². The van der Waals surface area contributed by atoms with Crippen molar-refractivity contribution in [1.29, 1.82) is 0 Å². The number of carbonyl (C=O) groups excluding carboxylic acids is 2. The third-order valence-electron chi connectivity index (χ3n) is 5.62. The fourth-order valence-corrected chi connectivity index (χ4v) is 6.81. The summed E-state index contributed by atoms with van der Waals surface area (Å²) in [6.45, 7) is 1.61. The molecule has 0 spiro atoms. The molecular formula is C25H26N2O6S2. The molecule has 0 bridgehead atoms. The zero-order valence-electron chi connectivity index (χ0n) is 19.4. The van der Waals surface area contributed by atoms with Gasteiger partial charge in [0.2, 0.25) is 5.91 Å². The summed E-state index contributed by atoms with van der Waals surface area (Å²) in [6, 6.07) is 14.6. The fourth-order valence-electron chi connectivity index (χ4n) is 4.07. The number of methoxy groups -OCH3 is 1. The lowest BCUT2D eigenvalue weighted by atomic mass is 10.1. The lowest BCUT2D eigenvalue weighted by Gasteiger charge is -2.26. The number of carbonyl (C=O) groups is 2. The van der Waals surface area contributed by atoms with Crippen molar-refractivity contribution in [3.8, 4) is 5.75 Å². The van der Waals surface area contributed by atoms with Gasteiger partial charge in [0.25, 0.3) is 10.0 Å². The Morgan fingerprint density at radius 3 is 2.49 bits per heavy atom. The molecule has 1 amide bonds. The second-order valence-corrected chi connectivity index (χ2v) is 10.8. The van der Waals surface area contributed by atoms with Crippen LogP contribution in [0.25, 0.3) is 0 Å². The zero-order valence-corrected chi connectivity index (χ0v) is 21.1. The largest absolute Gasteiger partial charge is 0.492 e. The maximum atomic E-state index is 13.6. The molecule has 184 valence electrons. The second-order valence-electron chi connectivity index (χ2n) is 7.83. The molecule has 3 aromatic rings. The van der Waals surface area contributed by atoms with Crippen LogP contribution in [-0.2, 0) is 32.4 Å². The third-order valence-corrected chi connectivity index (χ3v) is 8.60. The van der Waals surface area contributed by atoms with E-state index in [0.717, 1.165) is 34.0 Å². The van der Waals surface area contributed by atoms with Crippen LogP contribution in [0.15, 0.2) is 59.5 Å². The number of nitrogens with zero attached hydrogens (tertiary/aromatic N) is 1. The molecule has 0 fully saturated rings. The Morgan fingerprint density at radius 2 is 1.77 bits per heavy atom. The first-order chi connectivity index (χ1) is 16.9. The first-order valence-electron chi connectivity index (χ1n) is 11.2. The Hall–Kier alpha value is -3.37. The summed E-state index contributed by atoms with van der Waals surface area (Å²) in [6.07, 6.45) is 2.51. The Kier molecular flexibility index (Phi) is 7.42. The smallest absolute Gasteiger partial charge is 0.341 e. The van der Waals surface area contributed by atoms with Gasteiger partial charge in [0.05, 0.1) is 29.9 Å². The number of benzene rings is 2. The standard InChI is InChI=1S/C25H26N2O6S2/c1-3-33-20-14-8-7-13-19(20)27(35(30,31)17-10-5-4-6-11-17)16-22(28)26-24-23(25(29)32-2)18-12-9-15-21(18)34-24/h4-8,10-11,13-14H,3,9,12,15-16H2,1-2H3,(H,26,28). The van der Waals surface area contributed by atoms with Gasteiger partial charge in [0, 0.05) is 4.88 Å². The predicted molar refractivity (Wildman–Crippen MR) is 135 cm³/mol. The summed E-state index contributed by atoms with van der Waals surface area (Å²) >= 11 is 1.33. The minimum atomic E-state index is -4.11. The molecule has 0 radical (unpaired) electrons. The number of hydrogen-bond donors (Lipinski definition) is 1. The lowest BCUT2D eigenvalue weighted by molar-refractivity contribution is -0.114. The molecule has 8 nitrogen and oxygen atoms in total. The molecule has 0 saturated heterocycles. The number of thiophene rings is 1. The minimum Gasteiger partial charge on any atom is -0.492 e. The number of hydrogen-bond acceptors (Lipinski definition) is 7. The van der Waals surface area contributed by atoms with E-state index in [9.17, 15) is 18.0 Å². The van der Waals surface area contributed by atoms with Gasteiger partial charge >= 0.3 is 5.97 Å². The number of esters is 1. The molecule has 10 heteroatoms. The number of nitrogens with one attached hydrogen (secondary N) is 1. The predicted octanol–water partition coefficient (Wildman–Crippen LogP) is 4.26. The van der Waals surface area contributed by atoms with E-state index in [2.05, 4.69) is 5.32 Å². The minimum absolute atomic E-state index is 0.0458. The van der Waals surface area contributed by atoms with Gasteiger partial charge in [0.15, 0.2) is 0 Å². The summed E-state index contributed by atoms with van der Waals surface area (Å²) in [4.78, 5) is 26.8. The van der Waals surface area contributed by atoms with Crippen molar-refractivity contribution in [2.45, 2.75) is 31.1 Å². The first kappa shape index (κ1) is 24.7.